The molecule has 0 radical (unpaired) electrons. The minimum Gasteiger partial charge on any atom is -0.489 e. The number of likely N-dealkylation sites (tertiary alicyclic amines) is 1. The third kappa shape index (κ3) is 7.25. The Hall–Kier alpha value is -3.60. The maximum absolute atomic E-state index is 14.5. The molecular weight excluding hydrogens is 636 g/mol. The predicted octanol–water partition coefficient (Wildman–Crippen LogP) is 5.96. The van der Waals surface area contributed by atoms with E-state index in [4.69, 9.17) is 19.2 Å². The van der Waals surface area contributed by atoms with Crippen LogP contribution in [0.5, 0.6) is 11.6 Å². The number of carbonyl (C=O) groups excluding carboxylic acids is 2. The Labute approximate surface area is 295 Å². The average Bonchev–Trinajstić information content (AvgIpc) is 3.48. The number of aromatic nitrogens is 1. The largest absolute Gasteiger partial charge is 0.489 e. The summed E-state index contributed by atoms with van der Waals surface area (Å²) in [6, 6.07) is 6.00. The number of carboxylic acids is 1. The summed E-state index contributed by atoms with van der Waals surface area (Å²) in [7, 11) is 2.14. The van der Waals surface area contributed by atoms with E-state index < -0.39 is 35.7 Å². The summed E-state index contributed by atoms with van der Waals surface area (Å²) >= 11 is 0. The second kappa shape index (κ2) is 14.6. The minimum atomic E-state index is -1.09. The standard InChI is InChI=1S/C39H54N4O7/c1-24-27-12-6-4-7-14-29-33(48-25-16-20-42(3)21-17-25)28-13-8-9-15-30(28)40-35(29)49-26-22-31(37(45)46)43(23-26)36(44)34(41-38(47)50-32(24)27)39(2)18-10-5-11-19-39/h8-9,13,15,24-27,31-32,34H,4-7,10-12,14,16-23H2,1-3H3,(H,41,47)(H,45,46)/t24?,26-,27-,31+,32-,34-/m1/s1. The van der Waals surface area contributed by atoms with Crippen LogP contribution in [0.1, 0.15) is 96.5 Å². The molecule has 1 aromatic heterocycles. The molecule has 2 saturated heterocycles. The molecule has 2 aliphatic carbocycles. The van der Waals surface area contributed by atoms with Crippen LogP contribution in [-0.4, -0.2) is 94.9 Å². The van der Waals surface area contributed by atoms with E-state index in [2.05, 4.69) is 30.3 Å². The molecule has 3 aliphatic heterocycles. The highest BCUT2D eigenvalue weighted by molar-refractivity contribution is 5.91. The maximum atomic E-state index is 14.5. The summed E-state index contributed by atoms with van der Waals surface area (Å²) in [4.78, 5) is 49.4. The normalized spacial score (nSPS) is 31.3. The number of nitrogens with one attached hydrogen (secondary N) is 1. The van der Waals surface area contributed by atoms with Crippen molar-refractivity contribution in [2.45, 2.75) is 128 Å². The Kier molecular flexibility index (Phi) is 10.1. The number of ether oxygens (including phenoxy) is 3. The van der Waals surface area contributed by atoms with Crippen molar-refractivity contribution < 1.29 is 33.7 Å². The molecule has 1 aromatic carbocycles. The maximum Gasteiger partial charge on any atom is 0.408 e. The summed E-state index contributed by atoms with van der Waals surface area (Å²) in [6.45, 7) is 6.19. The van der Waals surface area contributed by atoms with Gasteiger partial charge >= 0.3 is 12.1 Å². The highest BCUT2D eigenvalue weighted by Gasteiger charge is 2.52. The van der Waals surface area contributed by atoms with Gasteiger partial charge in [0.05, 0.1) is 17.6 Å². The number of benzene rings is 1. The van der Waals surface area contributed by atoms with Gasteiger partial charge in [0.15, 0.2) is 0 Å². The van der Waals surface area contributed by atoms with Gasteiger partial charge in [0.1, 0.15) is 36.1 Å². The van der Waals surface area contributed by atoms with Gasteiger partial charge in [0, 0.05) is 30.8 Å². The fraction of sp³-hybridized carbons (Fsp3) is 0.692. The Morgan fingerprint density at radius 2 is 1.76 bits per heavy atom. The number of nitrogens with zero attached hydrogens (tertiary/aromatic N) is 3. The third-order valence-corrected chi connectivity index (χ3v) is 12.3. The monoisotopic (exact) mass is 690 g/mol. The van der Waals surface area contributed by atoms with Crippen molar-refractivity contribution in [1.82, 2.24) is 20.1 Å². The molecular formula is C39H54N4O7. The van der Waals surface area contributed by atoms with Crippen LogP contribution in [0.25, 0.3) is 10.9 Å². The lowest BCUT2D eigenvalue weighted by Gasteiger charge is -2.41. The summed E-state index contributed by atoms with van der Waals surface area (Å²) in [5.41, 5.74) is 1.17. The van der Waals surface area contributed by atoms with Crippen molar-refractivity contribution >= 4 is 28.9 Å². The highest BCUT2D eigenvalue weighted by Crippen LogP contribution is 2.46. The molecule has 50 heavy (non-hydrogen) atoms. The molecule has 11 heteroatoms. The first-order valence-electron chi connectivity index (χ1n) is 19.0. The number of carboxylic acid groups (broad SMARTS) is 1. The molecule has 11 nitrogen and oxygen atoms in total. The van der Waals surface area contributed by atoms with Crippen molar-refractivity contribution in [3.8, 4) is 11.6 Å². The van der Waals surface area contributed by atoms with Crippen LogP contribution in [0.2, 0.25) is 0 Å². The van der Waals surface area contributed by atoms with Gasteiger partial charge in [-0.1, -0.05) is 58.1 Å². The van der Waals surface area contributed by atoms with E-state index in [0.717, 1.165) is 106 Å². The van der Waals surface area contributed by atoms with Crippen LogP contribution in [0.4, 0.5) is 4.79 Å². The first kappa shape index (κ1) is 34.8. The molecule has 7 rings (SSSR count). The number of amides is 2. The van der Waals surface area contributed by atoms with Gasteiger partial charge in [-0.05, 0) is 75.5 Å². The van der Waals surface area contributed by atoms with Crippen molar-refractivity contribution in [3.05, 3.63) is 29.8 Å². The van der Waals surface area contributed by atoms with E-state index in [1.807, 2.05) is 25.1 Å². The number of alkyl carbamates (subject to hydrolysis) is 1. The predicted molar refractivity (Wildman–Crippen MR) is 188 cm³/mol. The zero-order valence-corrected chi connectivity index (χ0v) is 29.9. The molecule has 4 heterocycles. The van der Waals surface area contributed by atoms with Crippen LogP contribution in [0.15, 0.2) is 24.3 Å². The van der Waals surface area contributed by atoms with Gasteiger partial charge in [-0.25, -0.2) is 14.6 Å². The number of para-hydroxylation sites is 1. The molecule has 2 amide bonds. The van der Waals surface area contributed by atoms with E-state index >= 15 is 0 Å². The Morgan fingerprint density at radius 3 is 2.52 bits per heavy atom. The molecule has 5 aliphatic rings. The van der Waals surface area contributed by atoms with Crippen LogP contribution in [0, 0.1) is 17.3 Å². The Bertz CT molecular complexity index is 1570. The number of rotatable bonds is 4. The molecule has 6 atom stereocenters. The Morgan fingerprint density at radius 1 is 1.02 bits per heavy atom. The molecule has 2 N–H and O–H groups in total. The molecule has 2 bridgehead atoms. The van der Waals surface area contributed by atoms with Crippen molar-refractivity contribution in [1.29, 1.82) is 0 Å². The number of aliphatic carboxylic acids is 1. The van der Waals surface area contributed by atoms with Gasteiger partial charge in [-0.2, -0.15) is 0 Å². The van der Waals surface area contributed by atoms with Gasteiger partial charge in [0.2, 0.25) is 11.8 Å². The Balaban J connectivity index is 1.25. The van der Waals surface area contributed by atoms with Crippen LogP contribution >= 0.6 is 0 Å². The first-order valence-corrected chi connectivity index (χ1v) is 19.0. The van der Waals surface area contributed by atoms with Gasteiger partial charge in [-0.15, -0.1) is 0 Å². The summed E-state index contributed by atoms with van der Waals surface area (Å²) < 4.78 is 19.5. The van der Waals surface area contributed by atoms with Crippen molar-refractivity contribution in [2.75, 3.05) is 26.7 Å². The topological polar surface area (TPSA) is 131 Å². The average molecular weight is 691 g/mol. The fourth-order valence-corrected chi connectivity index (χ4v) is 9.05. The van der Waals surface area contributed by atoms with E-state index in [1.165, 1.54) is 4.90 Å². The molecule has 4 fully saturated rings. The lowest BCUT2D eigenvalue weighted by atomic mass is 9.70. The summed E-state index contributed by atoms with van der Waals surface area (Å²) in [6.07, 6.45) is 9.79. The second-order valence-electron chi connectivity index (χ2n) is 16.0. The summed E-state index contributed by atoms with van der Waals surface area (Å²) in [5.74, 6) is 0.358. The first-order chi connectivity index (χ1) is 24.1. The lowest BCUT2D eigenvalue weighted by Crippen LogP contribution is -2.58. The number of hydrogen-bond donors (Lipinski definition) is 2. The quantitative estimate of drug-likeness (QED) is 0.399. The second-order valence-corrected chi connectivity index (χ2v) is 16.0. The molecule has 0 spiro atoms. The third-order valence-electron chi connectivity index (χ3n) is 12.3. The fourth-order valence-electron chi connectivity index (χ4n) is 9.05. The number of pyridine rings is 1. The SMILES string of the molecule is CC1[C@H]2CCCCCc3c(nc4ccccc4c3OC3CCN(C)CC3)O[C@@H]3C[C@@H](C(=O)O)N(C3)C(=O)[C@H](C3(C)CCCCC3)NC(=O)O[C@H]12. The van der Waals surface area contributed by atoms with E-state index in [0.29, 0.717) is 18.2 Å². The zero-order chi connectivity index (χ0) is 35.0. The van der Waals surface area contributed by atoms with E-state index in [9.17, 15) is 19.5 Å². The van der Waals surface area contributed by atoms with Crippen molar-refractivity contribution in [3.63, 3.8) is 0 Å². The van der Waals surface area contributed by atoms with Crippen LogP contribution in [-0.2, 0) is 20.7 Å². The van der Waals surface area contributed by atoms with E-state index in [-0.39, 0.29) is 37.0 Å². The molecule has 272 valence electrons. The number of piperidine rings is 1. The number of carbonyl (C=O) groups is 3. The van der Waals surface area contributed by atoms with Crippen LogP contribution < -0.4 is 14.8 Å². The van der Waals surface area contributed by atoms with E-state index in [1.54, 1.807) is 0 Å². The van der Waals surface area contributed by atoms with Gasteiger partial charge < -0.3 is 34.4 Å². The number of fused-ring (bicyclic) bond motifs is 5. The smallest absolute Gasteiger partial charge is 0.408 e. The minimum absolute atomic E-state index is 0.0757. The van der Waals surface area contributed by atoms with Gasteiger partial charge in [-0.3, -0.25) is 4.79 Å². The summed E-state index contributed by atoms with van der Waals surface area (Å²) in [5, 5.41) is 14.3. The zero-order valence-electron chi connectivity index (χ0n) is 29.9. The van der Waals surface area contributed by atoms with Crippen molar-refractivity contribution in [2.24, 2.45) is 17.3 Å². The van der Waals surface area contributed by atoms with Gasteiger partial charge in [0.25, 0.3) is 0 Å². The lowest BCUT2D eigenvalue weighted by molar-refractivity contribution is -0.150. The molecule has 1 unspecified atom stereocenters. The van der Waals surface area contributed by atoms with Crippen LogP contribution in [0.3, 0.4) is 0 Å². The molecule has 2 saturated carbocycles. The highest BCUT2D eigenvalue weighted by atomic mass is 16.6. The molecule has 2 aromatic rings. The number of hydrogen-bond acceptors (Lipinski definition) is 8.